The van der Waals surface area contributed by atoms with E-state index in [0.29, 0.717) is 12.8 Å². The summed E-state index contributed by atoms with van der Waals surface area (Å²) in [6.07, 6.45) is -4.28. The largest absolute Gasteiger partial charge is 0.445 e. The van der Waals surface area contributed by atoms with Gasteiger partial charge in [0.1, 0.15) is 6.61 Å². The number of alkyl halides is 3. The topological polar surface area (TPSA) is 50.4 Å². The standard InChI is InChI=1S/C16H21F3N2O2/c1-11(9-16(17,18)19)20-13-7-14(8-13)21-15(22)23-10-12-5-3-2-4-6-12/h2-6,11,13-14,20H,7-10H2,1H3,(H,21,22). The smallest absolute Gasteiger partial charge is 0.407 e. The van der Waals surface area contributed by atoms with Gasteiger partial charge in [-0.25, -0.2) is 4.79 Å². The molecule has 23 heavy (non-hydrogen) atoms. The first-order valence-electron chi connectivity index (χ1n) is 7.62. The molecule has 128 valence electrons. The van der Waals surface area contributed by atoms with E-state index in [1.807, 2.05) is 30.3 Å². The van der Waals surface area contributed by atoms with Gasteiger partial charge in [-0.3, -0.25) is 0 Å². The van der Waals surface area contributed by atoms with Gasteiger partial charge in [-0.05, 0) is 25.3 Å². The Morgan fingerprint density at radius 1 is 1.26 bits per heavy atom. The molecule has 0 radical (unpaired) electrons. The summed E-state index contributed by atoms with van der Waals surface area (Å²) in [7, 11) is 0. The zero-order valence-electron chi connectivity index (χ0n) is 12.9. The van der Waals surface area contributed by atoms with Crippen LogP contribution in [0.4, 0.5) is 18.0 Å². The third kappa shape index (κ3) is 6.48. The van der Waals surface area contributed by atoms with Gasteiger partial charge < -0.3 is 15.4 Å². The van der Waals surface area contributed by atoms with Gasteiger partial charge in [0.25, 0.3) is 0 Å². The van der Waals surface area contributed by atoms with Crippen molar-refractivity contribution in [3.8, 4) is 0 Å². The minimum Gasteiger partial charge on any atom is -0.445 e. The predicted octanol–water partition coefficient (Wildman–Crippen LogP) is 3.37. The number of hydrogen-bond donors (Lipinski definition) is 2. The highest BCUT2D eigenvalue weighted by Gasteiger charge is 2.35. The molecule has 0 spiro atoms. The average Bonchev–Trinajstić information content (AvgIpc) is 2.42. The zero-order chi connectivity index (χ0) is 16.9. The van der Waals surface area contributed by atoms with Crippen molar-refractivity contribution in [2.75, 3.05) is 0 Å². The highest BCUT2D eigenvalue weighted by molar-refractivity contribution is 5.67. The van der Waals surface area contributed by atoms with Crippen LogP contribution in [0.1, 0.15) is 31.7 Å². The Kier molecular flexibility index (Phi) is 5.87. The van der Waals surface area contributed by atoms with Crippen LogP contribution in [-0.2, 0) is 11.3 Å². The quantitative estimate of drug-likeness (QED) is 0.841. The molecule has 1 unspecified atom stereocenters. The van der Waals surface area contributed by atoms with Crippen molar-refractivity contribution in [1.82, 2.24) is 10.6 Å². The van der Waals surface area contributed by atoms with E-state index in [0.717, 1.165) is 5.56 Å². The lowest BCUT2D eigenvalue weighted by Gasteiger charge is -2.38. The first-order chi connectivity index (χ1) is 10.8. The second kappa shape index (κ2) is 7.68. The number of rotatable bonds is 6. The summed E-state index contributed by atoms with van der Waals surface area (Å²) in [5, 5.41) is 5.64. The summed E-state index contributed by atoms with van der Waals surface area (Å²) in [6.45, 7) is 1.71. The maximum atomic E-state index is 12.2. The van der Waals surface area contributed by atoms with E-state index in [9.17, 15) is 18.0 Å². The maximum absolute atomic E-state index is 12.2. The van der Waals surface area contributed by atoms with E-state index in [-0.39, 0.29) is 18.7 Å². The first-order valence-corrected chi connectivity index (χ1v) is 7.62. The molecule has 1 aliphatic rings. The lowest BCUT2D eigenvalue weighted by Crippen LogP contribution is -2.54. The highest BCUT2D eigenvalue weighted by Crippen LogP contribution is 2.25. The van der Waals surface area contributed by atoms with Crippen molar-refractivity contribution in [3.63, 3.8) is 0 Å². The summed E-state index contributed by atoms with van der Waals surface area (Å²) in [4.78, 5) is 11.6. The van der Waals surface area contributed by atoms with E-state index in [1.54, 1.807) is 0 Å². The van der Waals surface area contributed by atoms with Gasteiger partial charge >= 0.3 is 12.3 Å². The Morgan fingerprint density at radius 2 is 1.91 bits per heavy atom. The number of halogens is 3. The first kappa shape index (κ1) is 17.6. The fourth-order valence-corrected chi connectivity index (χ4v) is 2.61. The van der Waals surface area contributed by atoms with E-state index in [4.69, 9.17) is 4.74 Å². The number of benzene rings is 1. The van der Waals surface area contributed by atoms with Crippen molar-refractivity contribution in [3.05, 3.63) is 35.9 Å². The molecule has 1 aromatic carbocycles. The van der Waals surface area contributed by atoms with E-state index in [2.05, 4.69) is 10.6 Å². The van der Waals surface area contributed by atoms with Crippen LogP contribution in [0, 0.1) is 0 Å². The molecule has 1 aliphatic carbocycles. The molecule has 0 aliphatic heterocycles. The molecule has 2 N–H and O–H groups in total. The lowest BCUT2D eigenvalue weighted by molar-refractivity contribution is -0.139. The fourth-order valence-electron chi connectivity index (χ4n) is 2.61. The van der Waals surface area contributed by atoms with Gasteiger partial charge in [0, 0.05) is 18.1 Å². The Labute approximate surface area is 133 Å². The molecule has 0 bridgehead atoms. The maximum Gasteiger partial charge on any atom is 0.407 e. The highest BCUT2D eigenvalue weighted by atomic mass is 19.4. The summed E-state index contributed by atoms with van der Waals surface area (Å²) in [6, 6.07) is 8.66. The Hall–Kier alpha value is -1.76. The average molecular weight is 330 g/mol. The molecule has 1 aromatic rings. The van der Waals surface area contributed by atoms with Gasteiger partial charge in [0.15, 0.2) is 0 Å². The number of amides is 1. The van der Waals surface area contributed by atoms with Crippen molar-refractivity contribution in [2.45, 2.75) is 57.1 Å². The SMILES string of the molecule is CC(CC(F)(F)F)NC1CC(NC(=O)OCc2ccccc2)C1. The van der Waals surface area contributed by atoms with E-state index in [1.165, 1.54) is 6.92 Å². The van der Waals surface area contributed by atoms with Gasteiger partial charge in [-0.2, -0.15) is 13.2 Å². The minimum atomic E-state index is -4.16. The number of alkyl carbamates (subject to hydrolysis) is 1. The van der Waals surface area contributed by atoms with Gasteiger partial charge in [0.05, 0.1) is 6.42 Å². The second-order valence-electron chi connectivity index (χ2n) is 5.96. The minimum absolute atomic E-state index is 0.00627. The molecule has 4 nitrogen and oxygen atoms in total. The molecule has 7 heteroatoms. The van der Waals surface area contributed by atoms with Gasteiger partial charge in [-0.15, -0.1) is 0 Å². The van der Waals surface area contributed by atoms with Crippen molar-refractivity contribution in [1.29, 1.82) is 0 Å². The number of hydrogen-bond acceptors (Lipinski definition) is 3. The Bertz CT molecular complexity index is 502. The van der Waals surface area contributed by atoms with Crippen molar-refractivity contribution in [2.24, 2.45) is 0 Å². The van der Waals surface area contributed by atoms with Crippen LogP contribution < -0.4 is 10.6 Å². The van der Waals surface area contributed by atoms with E-state index >= 15 is 0 Å². The van der Waals surface area contributed by atoms with Crippen LogP contribution in [0.25, 0.3) is 0 Å². The number of nitrogens with one attached hydrogen (secondary N) is 2. The molecular weight excluding hydrogens is 309 g/mol. The van der Waals surface area contributed by atoms with Crippen LogP contribution in [-0.4, -0.2) is 30.4 Å². The molecule has 1 fully saturated rings. The zero-order valence-corrected chi connectivity index (χ0v) is 12.9. The van der Waals surface area contributed by atoms with E-state index < -0.39 is 24.7 Å². The van der Waals surface area contributed by atoms with Crippen LogP contribution in [0.3, 0.4) is 0 Å². The number of carbonyl (C=O) groups excluding carboxylic acids is 1. The van der Waals surface area contributed by atoms with Crippen LogP contribution >= 0.6 is 0 Å². The van der Waals surface area contributed by atoms with Crippen LogP contribution in [0.2, 0.25) is 0 Å². The molecule has 2 rings (SSSR count). The lowest BCUT2D eigenvalue weighted by atomic mass is 9.86. The Balaban J connectivity index is 1.59. The predicted molar refractivity (Wildman–Crippen MR) is 79.8 cm³/mol. The molecule has 0 heterocycles. The monoisotopic (exact) mass is 330 g/mol. The summed E-state index contributed by atoms with van der Waals surface area (Å²) in [5.41, 5.74) is 0.900. The molecule has 0 saturated heterocycles. The normalized spacial score (nSPS) is 22.1. The summed E-state index contributed by atoms with van der Waals surface area (Å²) in [5.74, 6) is 0. The third-order valence-corrected chi connectivity index (χ3v) is 3.73. The summed E-state index contributed by atoms with van der Waals surface area (Å²) >= 11 is 0. The molecular formula is C16H21F3N2O2. The van der Waals surface area contributed by atoms with Crippen LogP contribution in [0.5, 0.6) is 0 Å². The number of ether oxygens (including phenoxy) is 1. The van der Waals surface area contributed by atoms with Crippen molar-refractivity contribution < 1.29 is 22.7 Å². The van der Waals surface area contributed by atoms with Gasteiger partial charge in [0.2, 0.25) is 0 Å². The van der Waals surface area contributed by atoms with Crippen molar-refractivity contribution >= 4 is 6.09 Å². The third-order valence-electron chi connectivity index (χ3n) is 3.73. The molecule has 1 amide bonds. The molecule has 1 saturated carbocycles. The summed E-state index contributed by atoms with van der Waals surface area (Å²) < 4.78 is 41.8. The number of carbonyl (C=O) groups is 1. The second-order valence-corrected chi connectivity index (χ2v) is 5.96. The Morgan fingerprint density at radius 3 is 2.52 bits per heavy atom. The van der Waals surface area contributed by atoms with Crippen LogP contribution in [0.15, 0.2) is 30.3 Å². The molecule has 0 aromatic heterocycles. The molecule has 1 atom stereocenters. The van der Waals surface area contributed by atoms with Gasteiger partial charge in [-0.1, -0.05) is 30.3 Å². The fraction of sp³-hybridized carbons (Fsp3) is 0.562.